The van der Waals surface area contributed by atoms with E-state index in [0.29, 0.717) is 6.04 Å². The Morgan fingerprint density at radius 1 is 1.15 bits per heavy atom. The van der Waals surface area contributed by atoms with E-state index in [0.717, 1.165) is 39.0 Å². The third-order valence-corrected chi connectivity index (χ3v) is 4.70. The third-order valence-electron chi connectivity index (χ3n) is 4.70. The van der Waals surface area contributed by atoms with Gasteiger partial charge in [0.05, 0.1) is 5.54 Å². The lowest BCUT2D eigenvalue weighted by molar-refractivity contribution is 0.145. The average Bonchev–Trinajstić information content (AvgIpc) is 2.58. The second kappa shape index (κ2) is 5.45. The first-order valence-electron chi connectivity index (χ1n) is 7.65. The lowest BCUT2D eigenvalue weighted by atomic mass is 9.84. The Kier molecular flexibility index (Phi) is 3.82. The zero-order valence-electron chi connectivity index (χ0n) is 12.3. The van der Waals surface area contributed by atoms with Gasteiger partial charge in [-0.3, -0.25) is 4.90 Å². The van der Waals surface area contributed by atoms with Gasteiger partial charge in [-0.2, -0.15) is 0 Å². The summed E-state index contributed by atoms with van der Waals surface area (Å²) in [5.74, 6) is 0. The number of allylic oxidation sites excluding steroid dienone is 2. The smallest absolute Gasteiger partial charge is 0.0502 e. The Balaban J connectivity index is 1.80. The molecule has 0 aromatic carbocycles. The Morgan fingerprint density at radius 3 is 2.40 bits per heavy atom. The fourth-order valence-electron chi connectivity index (χ4n) is 3.41. The summed E-state index contributed by atoms with van der Waals surface area (Å²) in [7, 11) is 0. The highest BCUT2D eigenvalue weighted by atomic mass is 15.2. The highest BCUT2D eigenvalue weighted by Crippen LogP contribution is 2.32. The molecule has 4 nitrogen and oxygen atoms in total. The molecule has 1 aliphatic heterocycles. The molecule has 0 aromatic heterocycles. The molecule has 0 radical (unpaired) electrons. The van der Waals surface area contributed by atoms with Crippen LogP contribution in [-0.2, 0) is 0 Å². The van der Waals surface area contributed by atoms with Crippen molar-refractivity contribution in [1.82, 2.24) is 10.2 Å². The summed E-state index contributed by atoms with van der Waals surface area (Å²) in [6.07, 6.45) is 10.6. The first-order valence-corrected chi connectivity index (χ1v) is 7.65. The quantitative estimate of drug-likeness (QED) is 0.652. The Hall–Kier alpha value is -0.940. The van der Waals surface area contributed by atoms with E-state index < -0.39 is 0 Å². The SMILES string of the molecule is CC1(N)C=CC2=C(C=C1)CC(N1CCNCC1)C(N)C2. The van der Waals surface area contributed by atoms with Crippen LogP contribution in [0.25, 0.3) is 0 Å². The van der Waals surface area contributed by atoms with Gasteiger partial charge in [-0.1, -0.05) is 24.3 Å². The van der Waals surface area contributed by atoms with Gasteiger partial charge in [-0.05, 0) is 30.9 Å². The Morgan fingerprint density at radius 2 is 1.75 bits per heavy atom. The molecule has 1 saturated heterocycles. The predicted octanol–water partition coefficient (Wildman–Crippen LogP) is 0.521. The van der Waals surface area contributed by atoms with Gasteiger partial charge in [0.15, 0.2) is 0 Å². The molecular weight excluding hydrogens is 248 g/mol. The molecule has 0 bridgehead atoms. The van der Waals surface area contributed by atoms with Crippen molar-refractivity contribution in [3.63, 3.8) is 0 Å². The highest BCUT2D eigenvalue weighted by molar-refractivity contribution is 5.43. The molecule has 0 spiro atoms. The van der Waals surface area contributed by atoms with Crippen LogP contribution >= 0.6 is 0 Å². The van der Waals surface area contributed by atoms with E-state index >= 15 is 0 Å². The van der Waals surface area contributed by atoms with Crippen LogP contribution in [0, 0.1) is 0 Å². The van der Waals surface area contributed by atoms with Gasteiger partial charge in [-0.25, -0.2) is 0 Å². The summed E-state index contributed by atoms with van der Waals surface area (Å²) in [5, 5.41) is 3.41. The van der Waals surface area contributed by atoms with Gasteiger partial charge < -0.3 is 16.8 Å². The molecule has 0 saturated carbocycles. The number of nitrogens with one attached hydrogen (secondary N) is 1. The summed E-state index contributed by atoms with van der Waals surface area (Å²) in [5.41, 5.74) is 15.1. The van der Waals surface area contributed by atoms with Crippen molar-refractivity contribution >= 4 is 0 Å². The summed E-state index contributed by atoms with van der Waals surface area (Å²) < 4.78 is 0. The monoisotopic (exact) mass is 274 g/mol. The first kappa shape index (κ1) is 14.0. The molecule has 20 heavy (non-hydrogen) atoms. The van der Waals surface area contributed by atoms with Gasteiger partial charge in [-0.15, -0.1) is 0 Å². The van der Waals surface area contributed by atoms with Crippen LogP contribution in [0.5, 0.6) is 0 Å². The summed E-state index contributed by atoms with van der Waals surface area (Å²) in [6, 6.07) is 0.697. The van der Waals surface area contributed by atoms with Gasteiger partial charge in [0.2, 0.25) is 0 Å². The van der Waals surface area contributed by atoms with E-state index in [1.54, 1.807) is 0 Å². The van der Waals surface area contributed by atoms with E-state index in [4.69, 9.17) is 11.5 Å². The van der Waals surface area contributed by atoms with E-state index in [2.05, 4.69) is 34.5 Å². The lowest BCUT2D eigenvalue weighted by Crippen LogP contribution is -2.55. The zero-order chi connectivity index (χ0) is 14.2. The second-order valence-electron chi connectivity index (χ2n) is 6.51. The predicted molar refractivity (Wildman–Crippen MR) is 83.3 cm³/mol. The van der Waals surface area contributed by atoms with Crippen LogP contribution < -0.4 is 16.8 Å². The number of hydrogen-bond donors (Lipinski definition) is 3. The molecule has 1 heterocycles. The molecule has 3 rings (SSSR count). The van der Waals surface area contributed by atoms with Crippen LogP contribution in [0.15, 0.2) is 35.5 Å². The Bertz CT molecular complexity index is 455. The molecule has 0 aromatic rings. The number of piperazine rings is 1. The lowest BCUT2D eigenvalue weighted by Gasteiger charge is -2.41. The molecule has 3 atom stereocenters. The maximum atomic E-state index is 6.45. The van der Waals surface area contributed by atoms with Crippen LogP contribution in [0.1, 0.15) is 19.8 Å². The minimum atomic E-state index is -0.341. The van der Waals surface area contributed by atoms with Crippen molar-refractivity contribution in [2.45, 2.75) is 37.4 Å². The number of nitrogens with two attached hydrogens (primary N) is 2. The molecule has 1 fully saturated rings. The minimum Gasteiger partial charge on any atom is -0.326 e. The molecule has 3 aliphatic rings. The van der Waals surface area contributed by atoms with Gasteiger partial charge >= 0.3 is 0 Å². The zero-order valence-corrected chi connectivity index (χ0v) is 12.3. The molecule has 0 amide bonds. The standard InChI is InChI=1S/C16H26N4/c1-16(18)4-2-12-10-14(17)15(11-13(12)3-5-16)20-8-6-19-7-9-20/h2-5,14-15,19H,6-11,17-18H2,1H3. The molecule has 5 N–H and O–H groups in total. The molecular formula is C16H26N4. The van der Waals surface area contributed by atoms with Crippen molar-refractivity contribution in [3.8, 4) is 0 Å². The van der Waals surface area contributed by atoms with E-state index in [-0.39, 0.29) is 11.6 Å². The summed E-state index contributed by atoms with van der Waals surface area (Å²) >= 11 is 0. The van der Waals surface area contributed by atoms with Crippen molar-refractivity contribution in [3.05, 3.63) is 35.5 Å². The number of rotatable bonds is 1. The second-order valence-corrected chi connectivity index (χ2v) is 6.51. The minimum absolute atomic E-state index is 0.229. The average molecular weight is 274 g/mol. The van der Waals surface area contributed by atoms with Crippen molar-refractivity contribution < 1.29 is 0 Å². The Labute approximate surface area is 121 Å². The van der Waals surface area contributed by atoms with Gasteiger partial charge in [0.25, 0.3) is 0 Å². The van der Waals surface area contributed by atoms with Gasteiger partial charge in [0.1, 0.15) is 0 Å². The van der Waals surface area contributed by atoms with E-state index in [1.807, 2.05) is 6.92 Å². The van der Waals surface area contributed by atoms with Crippen molar-refractivity contribution in [2.75, 3.05) is 26.2 Å². The van der Waals surface area contributed by atoms with Crippen LogP contribution in [-0.4, -0.2) is 48.7 Å². The summed E-state index contributed by atoms with van der Waals surface area (Å²) in [4.78, 5) is 2.55. The third kappa shape index (κ3) is 2.88. The topological polar surface area (TPSA) is 67.3 Å². The van der Waals surface area contributed by atoms with Gasteiger partial charge in [0, 0.05) is 38.3 Å². The normalized spacial score (nSPS) is 38.8. The molecule has 110 valence electrons. The van der Waals surface area contributed by atoms with Crippen LogP contribution in [0.3, 0.4) is 0 Å². The fourth-order valence-corrected chi connectivity index (χ4v) is 3.41. The number of nitrogens with zero attached hydrogens (tertiary/aromatic N) is 1. The molecule has 3 unspecified atom stereocenters. The summed E-state index contributed by atoms with van der Waals surface area (Å²) in [6.45, 7) is 6.40. The van der Waals surface area contributed by atoms with E-state index in [1.165, 1.54) is 11.1 Å². The van der Waals surface area contributed by atoms with Crippen LogP contribution in [0.2, 0.25) is 0 Å². The first-order chi connectivity index (χ1) is 9.55. The largest absolute Gasteiger partial charge is 0.326 e. The number of hydrogen-bond acceptors (Lipinski definition) is 4. The maximum absolute atomic E-state index is 6.45. The van der Waals surface area contributed by atoms with E-state index in [9.17, 15) is 0 Å². The molecule has 2 aliphatic carbocycles. The van der Waals surface area contributed by atoms with Crippen LogP contribution in [0.4, 0.5) is 0 Å². The maximum Gasteiger partial charge on any atom is 0.0502 e. The fraction of sp³-hybridized carbons (Fsp3) is 0.625. The van der Waals surface area contributed by atoms with Crippen molar-refractivity contribution in [2.24, 2.45) is 11.5 Å². The highest BCUT2D eigenvalue weighted by Gasteiger charge is 2.32. The van der Waals surface area contributed by atoms with Crippen molar-refractivity contribution in [1.29, 1.82) is 0 Å². The molecule has 4 heteroatoms.